The second-order valence-electron chi connectivity index (χ2n) is 4.71. The molecular formula is C11H17N3O4. The number of likely N-dealkylation sites (tertiary alicyclic amines) is 1. The van der Waals surface area contributed by atoms with Crippen LogP contribution >= 0.6 is 0 Å². The van der Waals surface area contributed by atoms with Gasteiger partial charge in [-0.3, -0.25) is 4.79 Å². The topological polar surface area (TPSA) is 81.2 Å². The summed E-state index contributed by atoms with van der Waals surface area (Å²) in [6.45, 7) is 1.45. The Morgan fingerprint density at radius 2 is 2.00 bits per heavy atom. The normalized spacial score (nSPS) is 24.6. The maximum Gasteiger partial charge on any atom is 0.326 e. The molecule has 0 saturated carbocycles. The SMILES string of the molecule is CN1CCN(C(=O)N2CCC[C@@H]2C(=O)O)CC1=O. The lowest BCUT2D eigenvalue weighted by Crippen LogP contribution is -2.55. The molecule has 7 heteroatoms. The molecule has 1 N–H and O–H groups in total. The molecule has 2 saturated heterocycles. The number of carboxylic acids is 1. The van der Waals surface area contributed by atoms with Crippen LogP contribution in [-0.2, 0) is 9.59 Å². The number of urea groups is 1. The summed E-state index contributed by atoms with van der Waals surface area (Å²) < 4.78 is 0. The van der Waals surface area contributed by atoms with E-state index in [1.54, 1.807) is 11.9 Å². The maximum atomic E-state index is 12.2. The summed E-state index contributed by atoms with van der Waals surface area (Å²) in [5.74, 6) is -1.08. The van der Waals surface area contributed by atoms with Crippen LogP contribution in [0.4, 0.5) is 4.79 Å². The van der Waals surface area contributed by atoms with Crippen LogP contribution in [0.2, 0.25) is 0 Å². The van der Waals surface area contributed by atoms with Gasteiger partial charge in [-0.05, 0) is 12.8 Å². The Morgan fingerprint density at radius 1 is 1.28 bits per heavy atom. The van der Waals surface area contributed by atoms with Crippen LogP contribution < -0.4 is 0 Å². The van der Waals surface area contributed by atoms with E-state index in [-0.39, 0.29) is 18.5 Å². The number of aliphatic carboxylic acids is 1. The van der Waals surface area contributed by atoms with Gasteiger partial charge in [-0.15, -0.1) is 0 Å². The Labute approximate surface area is 105 Å². The predicted octanol–water partition coefficient (Wildman–Crippen LogP) is -0.571. The zero-order valence-electron chi connectivity index (χ0n) is 10.3. The number of amides is 3. The molecule has 0 spiro atoms. The van der Waals surface area contributed by atoms with E-state index in [0.717, 1.165) is 0 Å². The van der Waals surface area contributed by atoms with E-state index in [1.807, 2.05) is 0 Å². The minimum atomic E-state index is -0.971. The average Bonchev–Trinajstić information content (AvgIpc) is 2.81. The van der Waals surface area contributed by atoms with Crippen LogP contribution in [0.15, 0.2) is 0 Å². The Kier molecular flexibility index (Phi) is 3.40. The van der Waals surface area contributed by atoms with Gasteiger partial charge in [0, 0.05) is 26.7 Å². The van der Waals surface area contributed by atoms with Crippen molar-refractivity contribution in [2.75, 3.05) is 33.2 Å². The number of nitrogens with zero attached hydrogens (tertiary/aromatic N) is 3. The molecule has 3 amide bonds. The zero-order valence-corrected chi connectivity index (χ0v) is 10.3. The van der Waals surface area contributed by atoms with Gasteiger partial charge in [0.15, 0.2) is 0 Å². The first-order chi connectivity index (χ1) is 8.50. The summed E-state index contributed by atoms with van der Waals surface area (Å²) in [5, 5.41) is 9.04. The van der Waals surface area contributed by atoms with Crippen LogP contribution in [0, 0.1) is 0 Å². The lowest BCUT2D eigenvalue weighted by molar-refractivity contribution is -0.141. The molecule has 18 heavy (non-hydrogen) atoms. The first kappa shape index (κ1) is 12.7. The van der Waals surface area contributed by atoms with Gasteiger partial charge in [-0.25, -0.2) is 9.59 Å². The molecular weight excluding hydrogens is 238 g/mol. The van der Waals surface area contributed by atoms with Gasteiger partial charge < -0.3 is 19.8 Å². The molecule has 0 aromatic carbocycles. The summed E-state index contributed by atoms with van der Waals surface area (Å²) in [6.07, 6.45) is 1.19. The molecule has 2 aliphatic rings. The molecule has 0 bridgehead atoms. The van der Waals surface area contributed by atoms with Gasteiger partial charge in [0.2, 0.25) is 5.91 Å². The molecule has 2 aliphatic heterocycles. The van der Waals surface area contributed by atoms with Gasteiger partial charge in [-0.1, -0.05) is 0 Å². The fraction of sp³-hybridized carbons (Fsp3) is 0.727. The van der Waals surface area contributed by atoms with Crippen molar-refractivity contribution < 1.29 is 19.5 Å². The molecule has 2 fully saturated rings. The molecule has 7 nitrogen and oxygen atoms in total. The Morgan fingerprint density at radius 3 is 2.61 bits per heavy atom. The highest BCUT2D eigenvalue weighted by atomic mass is 16.4. The van der Waals surface area contributed by atoms with Crippen molar-refractivity contribution in [2.24, 2.45) is 0 Å². The smallest absolute Gasteiger partial charge is 0.326 e. The van der Waals surface area contributed by atoms with Crippen molar-refractivity contribution >= 4 is 17.9 Å². The number of carbonyl (C=O) groups excluding carboxylic acids is 2. The number of carbonyl (C=O) groups is 3. The van der Waals surface area contributed by atoms with Crippen LogP contribution in [0.3, 0.4) is 0 Å². The van der Waals surface area contributed by atoms with Crippen molar-refractivity contribution in [1.29, 1.82) is 0 Å². The summed E-state index contributed by atoms with van der Waals surface area (Å²) in [4.78, 5) is 39.1. The number of hydrogen-bond donors (Lipinski definition) is 1. The van der Waals surface area contributed by atoms with Crippen LogP contribution in [-0.4, -0.2) is 77.0 Å². The highest BCUT2D eigenvalue weighted by Gasteiger charge is 2.37. The van der Waals surface area contributed by atoms with Gasteiger partial charge in [0.25, 0.3) is 0 Å². The first-order valence-electron chi connectivity index (χ1n) is 6.03. The van der Waals surface area contributed by atoms with Crippen molar-refractivity contribution in [3.05, 3.63) is 0 Å². The van der Waals surface area contributed by atoms with Crippen molar-refractivity contribution in [3.63, 3.8) is 0 Å². The summed E-state index contributed by atoms with van der Waals surface area (Å²) in [7, 11) is 1.69. The lowest BCUT2D eigenvalue weighted by atomic mass is 10.2. The first-order valence-corrected chi connectivity index (χ1v) is 6.03. The quantitative estimate of drug-likeness (QED) is 0.680. The van der Waals surface area contributed by atoms with E-state index in [4.69, 9.17) is 5.11 Å². The highest BCUT2D eigenvalue weighted by molar-refractivity contribution is 5.87. The fourth-order valence-corrected chi connectivity index (χ4v) is 2.36. The van der Waals surface area contributed by atoms with Crippen molar-refractivity contribution in [3.8, 4) is 0 Å². The Bertz CT molecular complexity index is 384. The largest absolute Gasteiger partial charge is 0.480 e. The molecule has 0 radical (unpaired) electrons. The van der Waals surface area contributed by atoms with E-state index in [1.165, 1.54) is 9.80 Å². The molecule has 0 unspecified atom stereocenters. The number of rotatable bonds is 1. The molecule has 1 atom stereocenters. The zero-order chi connectivity index (χ0) is 13.3. The molecule has 2 heterocycles. The van der Waals surface area contributed by atoms with E-state index < -0.39 is 12.0 Å². The monoisotopic (exact) mass is 255 g/mol. The minimum Gasteiger partial charge on any atom is -0.480 e. The molecule has 0 aliphatic carbocycles. The number of hydrogen-bond acceptors (Lipinski definition) is 3. The predicted molar refractivity (Wildman–Crippen MR) is 62.0 cm³/mol. The third kappa shape index (κ3) is 2.25. The molecule has 0 aromatic rings. The van der Waals surface area contributed by atoms with E-state index in [0.29, 0.717) is 32.5 Å². The standard InChI is InChI=1S/C11H17N3O4/c1-12-5-6-13(7-9(12)15)11(18)14-4-2-3-8(14)10(16)17/h8H,2-7H2,1H3,(H,16,17)/t8-/m1/s1. The van der Waals surface area contributed by atoms with Crippen LogP contribution in [0.1, 0.15) is 12.8 Å². The lowest BCUT2D eigenvalue weighted by Gasteiger charge is -2.35. The Balaban J connectivity index is 2.03. The van der Waals surface area contributed by atoms with Gasteiger partial charge >= 0.3 is 12.0 Å². The van der Waals surface area contributed by atoms with Crippen LogP contribution in [0.5, 0.6) is 0 Å². The Hall–Kier alpha value is -1.79. The maximum absolute atomic E-state index is 12.2. The number of piperazine rings is 1. The second kappa shape index (κ2) is 4.83. The van der Waals surface area contributed by atoms with Gasteiger partial charge in [-0.2, -0.15) is 0 Å². The third-order valence-electron chi connectivity index (χ3n) is 3.51. The molecule has 2 rings (SSSR count). The van der Waals surface area contributed by atoms with Crippen LogP contribution in [0.25, 0.3) is 0 Å². The molecule has 0 aromatic heterocycles. The number of carboxylic acid groups (broad SMARTS) is 1. The van der Waals surface area contributed by atoms with Crippen molar-refractivity contribution in [2.45, 2.75) is 18.9 Å². The van der Waals surface area contributed by atoms with Gasteiger partial charge in [0.1, 0.15) is 12.6 Å². The fourth-order valence-electron chi connectivity index (χ4n) is 2.36. The van der Waals surface area contributed by atoms with Gasteiger partial charge in [0.05, 0.1) is 0 Å². The van der Waals surface area contributed by atoms with E-state index >= 15 is 0 Å². The van der Waals surface area contributed by atoms with Crippen molar-refractivity contribution in [1.82, 2.24) is 14.7 Å². The summed E-state index contributed by atoms with van der Waals surface area (Å²) >= 11 is 0. The van der Waals surface area contributed by atoms with E-state index in [2.05, 4.69) is 0 Å². The summed E-state index contributed by atoms with van der Waals surface area (Å²) in [6, 6.07) is -1.08. The second-order valence-corrected chi connectivity index (χ2v) is 4.71. The average molecular weight is 255 g/mol. The summed E-state index contributed by atoms with van der Waals surface area (Å²) in [5.41, 5.74) is 0. The van der Waals surface area contributed by atoms with E-state index in [9.17, 15) is 14.4 Å². The third-order valence-corrected chi connectivity index (χ3v) is 3.51. The molecule has 100 valence electrons. The minimum absolute atomic E-state index is 0.0399. The highest BCUT2D eigenvalue weighted by Crippen LogP contribution is 2.20. The number of likely N-dealkylation sites (N-methyl/N-ethyl adjacent to an activating group) is 1.